The summed E-state index contributed by atoms with van der Waals surface area (Å²) in [6.07, 6.45) is 7.93. The summed E-state index contributed by atoms with van der Waals surface area (Å²) < 4.78 is 0. The molecule has 3 aliphatic rings. The van der Waals surface area contributed by atoms with Gasteiger partial charge in [-0.3, -0.25) is 9.69 Å². The summed E-state index contributed by atoms with van der Waals surface area (Å²) in [5.74, 6) is 1.84. The number of nitrogens with one attached hydrogen (secondary N) is 1. The van der Waals surface area contributed by atoms with Crippen LogP contribution in [0.25, 0.3) is 0 Å². The van der Waals surface area contributed by atoms with Crippen LogP contribution in [0, 0.1) is 11.8 Å². The van der Waals surface area contributed by atoms with Gasteiger partial charge in [0.05, 0.1) is 0 Å². The van der Waals surface area contributed by atoms with Crippen LogP contribution in [-0.4, -0.2) is 36.0 Å². The highest BCUT2D eigenvalue weighted by molar-refractivity contribution is 5.73. The molecule has 0 spiro atoms. The molecule has 3 nitrogen and oxygen atoms in total. The molecular formula is C14H24N2O. The van der Waals surface area contributed by atoms with Crippen molar-refractivity contribution in [2.24, 2.45) is 11.8 Å². The Kier molecular flexibility index (Phi) is 3.12. The van der Waals surface area contributed by atoms with E-state index in [9.17, 15) is 4.79 Å². The third kappa shape index (κ3) is 2.22. The molecule has 0 aromatic carbocycles. The van der Waals surface area contributed by atoms with Crippen molar-refractivity contribution in [1.82, 2.24) is 10.2 Å². The highest BCUT2D eigenvalue weighted by Gasteiger charge is 2.44. The van der Waals surface area contributed by atoms with Crippen molar-refractivity contribution in [3.8, 4) is 0 Å². The summed E-state index contributed by atoms with van der Waals surface area (Å²) in [5, 5.41) is 3.16. The van der Waals surface area contributed by atoms with Gasteiger partial charge in [-0.05, 0) is 63.5 Å². The summed E-state index contributed by atoms with van der Waals surface area (Å²) >= 11 is 0. The Bertz CT molecular complexity index is 285. The maximum absolute atomic E-state index is 11.2. The normalized spacial score (nSPS) is 41.7. The van der Waals surface area contributed by atoms with Crippen molar-refractivity contribution in [3.63, 3.8) is 0 Å². The molecule has 0 aromatic rings. The van der Waals surface area contributed by atoms with E-state index >= 15 is 0 Å². The van der Waals surface area contributed by atoms with E-state index in [0.29, 0.717) is 6.04 Å². The Balaban J connectivity index is 1.72. The standard InChI is InChI=1S/C14H24N2O/c1-10(17)15-13-8-11-4-2-6-16-7-3-5-12(9-13)14(11)16/h11-14H,2-9H2,1H3,(H,15,17)/t11-,12-,13?,14?/m1/s1. The molecule has 0 bridgehead atoms. The van der Waals surface area contributed by atoms with Crippen LogP contribution in [0.5, 0.6) is 0 Å². The molecule has 2 aliphatic heterocycles. The van der Waals surface area contributed by atoms with Gasteiger partial charge in [-0.25, -0.2) is 0 Å². The minimum atomic E-state index is 0.150. The zero-order valence-corrected chi connectivity index (χ0v) is 10.8. The number of carbonyl (C=O) groups is 1. The van der Waals surface area contributed by atoms with Crippen molar-refractivity contribution in [3.05, 3.63) is 0 Å². The second kappa shape index (κ2) is 4.60. The number of nitrogens with zero attached hydrogens (tertiary/aromatic N) is 1. The van der Waals surface area contributed by atoms with Crippen LogP contribution in [0.2, 0.25) is 0 Å². The van der Waals surface area contributed by atoms with Crippen molar-refractivity contribution in [2.75, 3.05) is 13.1 Å². The van der Waals surface area contributed by atoms with Crippen molar-refractivity contribution in [2.45, 2.75) is 57.5 Å². The average Bonchev–Trinajstić information content (AvgIpc) is 2.28. The average molecular weight is 236 g/mol. The molecular weight excluding hydrogens is 212 g/mol. The molecule has 3 fully saturated rings. The molecule has 0 aromatic heterocycles. The number of hydrogen-bond acceptors (Lipinski definition) is 2. The van der Waals surface area contributed by atoms with E-state index < -0.39 is 0 Å². The first kappa shape index (κ1) is 11.5. The van der Waals surface area contributed by atoms with Crippen molar-refractivity contribution in [1.29, 1.82) is 0 Å². The highest BCUT2D eigenvalue weighted by Crippen LogP contribution is 2.43. The Hall–Kier alpha value is -0.570. The lowest BCUT2D eigenvalue weighted by molar-refractivity contribution is -0.120. The molecule has 1 aliphatic carbocycles. The number of amides is 1. The smallest absolute Gasteiger partial charge is 0.217 e. The molecule has 0 unspecified atom stereocenters. The monoisotopic (exact) mass is 236 g/mol. The van der Waals surface area contributed by atoms with Gasteiger partial charge in [0, 0.05) is 19.0 Å². The first-order chi connectivity index (χ1) is 8.24. The van der Waals surface area contributed by atoms with E-state index in [1.54, 1.807) is 6.92 Å². The molecule has 1 N–H and O–H groups in total. The van der Waals surface area contributed by atoms with Gasteiger partial charge < -0.3 is 5.32 Å². The van der Waals surface area contributed by atoms with E-state index in [1.165, 1.54) is 51.6 Å². The maximum Gasteiger partial charge on any atom is 0.217 e. The summed E-state index contributed by atoms with van der Waals surface area (Å²) in [6.45, 7) is 4.30. The largest absolute Gasteiger partial charge is 0.354 e. The zero-order valence-electron chi connectivity index (χ0n) is 10.8. The fourth-order valence-electron chi connectivity index (χ4n) is 4.59. The maximum atomic E-state index is 11.2. The van der Waals surface area contributed by atoms with Crippen LogP contribution >= 0.6 is 0 Å². The topological polar surface area (TPSA) is 32.3 Å². The van der Waals surface area contributed by atoms with Gasteiger partial charge in [0.1, 0.15) is 0 Å². The quantitative estimate of drug-likeness (QED) is 0.752. The highest BCUT2D eigenvalue weighted by atomic mass is 16.1. The second-order valence-electron chi connectivity index (χ2n) is 6.20. The van der Waals surface area contributed by atoms with E-state index in [4.69, 9.17) is 0 Å². The summed E-state index contributed by atoms with van der Waals surface area (Å²) in [6, 6.07) is 1.30. The molecule has 2 saturated heterocycles. The molecule has 1 amide bonds. The molecule has 1 saturated carbocycles. The Morgan fingerprint density at radius 1 is 1.12 bits per heavy atom. The summed E-state index contributed by atoms with van der Waals surface area (Å²) in [4.78, 5) is 14.0. The minimum Gasteiger partial charge on any atom is -0.354 e. The number of carbonyl (C=O) groups excluding carboxylic acids is 1. The lowest BCUT2D eigenvalue weighted by atomic mass is 9.67. The first-order valence-corrected chi connectivity index (χ1v) is 7.25. The van der Waals surface area contributed by atoms with Crippen LogP contribution in [0.4, 0.5) is 0 Å². The second-order valence-corrected chi connectivity index (χ2v) is 6.20. The third-order valence-corrected chi connectivity index (χ3v) is 5.01. The van der Waals surface area contributed by atoms with Gasteiger partial charge in [0.2, 0.25) is 5.91 Å². The van der Waals surface area contributed by atoms with Crippen LogP contribution < -0.4 is 5.32 Å². The zero-order chi connectivity index (χ0) is 11.8. The molecule has 17 heavy (non-hydrogen) atoms. The Labute approximate surface area is 104 Å². The van der Waals surface area contributed by atoms with Gasteiger partial charge in [0.25, 0.3) is 0 Å². The SMILES string of the molecule is CC(=O)NC1C[C@H]2CCCN3CCC[C@H](C1)C23. The van der Waals surface area contributed by atoms with Gasteiger partial charge in [-0.2, -0.15) is 0 Å². The van der Waals surface area contributed by atoms with Gasteiger partial charge >= 0.3 is 0 Å². The fraction of sp³-hybridized carbons (Fsp3) is 0.929. The van der Waals surface area contributed by atoms with Crippen LogP contribution in [-0.2, 0) is 4.79 Å². The lowest BCUT2D eigenvalue weighted by Gasteiger charge is -2.53. The van der Waals surface area contributed by atoms with Crippen molar-refractivity contribution < 1.29 is 4.79 Å². The Morgan fingerprint density at radius 2 is 1.71 bits per heavy atom. The predicted molar refractivity (Wildman–Crippen MR) is 67.6 cm³/mol. The summed E-state index contributed by atoms with van der Waals surface area (Å²) in [7, 11) is 0. The van der Waals surface area contributed by atoms with E-state index in [2.05, 4.69) is 10.2 Å². The van der Waals surface area contributed by atoms with Crippen molar-refractivity contribution >= 4 is 5.91 Å². The molecule has 96 valence electrons. The van der Waals surface area contributed by atoms with E-state index in [1.807, 2.05) is 0 Å². The minimum absolute atomic E-state index is 0.150. The van der Waals surface area contributed by atoms with Gasteiger partial charge in [0.15, 0.2) is 0 Å². The molecule has 2 heterocycles. The number of hydrogen-bond donors (Lipinski definition) is 1. The molecule has 3 heteroatoms. The summed E-state index contributed by atoms with van der Waals surface area (Å²) in [5.41, 5.74) is 0. The van der Waals surface area contributed by atoms with E-state index in [0.717, 1.165) is 17.9 Å². The van der Waals surface area contributed by atoms with E-state index in [-0.39, 0.29) is 5.91 Å². The molecule has 3 rings (SSSR count). The van der Waals surface area contributed by atoms with Crippen LogP contribution in [0.15, 0.2) is 0 Å². The number of rotatable bonds is 1. The van der Waals surface area contributed by atoms with Gasteiger partial charge in [-0.15, -0.1) is 0 Å². The van der Waals surface area contributed by atoms with Gasteiger partial charge in [-0.1, -0.05) is 0 Å². The lowest BCUT2D eigenvalue weighted by Crippen LogP contribution is -2.58. The van der Waals surface area contributed by atoms with Crippen LogP contribution in [0.3, 0.4) is 0 Å². The third-order valence-electron chi connectivity index (χ3n) is 5.01. The van der Waals surface area contributed by atoms with Crippen LogP contribution in [0.1, 0.15) is 45.4 Å². The predicted octanol–water partition coefficient (Wildman–Crippen LogP) is 1.78. The fourth-order valence-corrected chi connectivity index (χ4v) is 4.59. The first-order valence-electron chi connectivity index (χ1n) is 7.25. The molecule has 2 atom stereocenters. The Morgan fingerprint density at radius 3 is 2.24 bits per heavy atom. The molecule has 0 radical (unpaired) electrons. The number of piperidine rings is 2.